The number of allylic oxidation sites excluding steroid dienone is 6. The fraction of sp³-hybridized carbons (Fsp3) is 0.904. The Bertz CT molecular complexity index is 1180. The normalized spacial score (nSPS) is 12.8. The van der Waals surface area contributed by atoms with Crippen LogP contribution in [0.2, 0.25) is 0 Å². The zero-order valence-electron chi connectivity index (χ0n) is 52.8. The summed E-state index contributed by atoms with van der Waals surface area (Å²) in [5.74, 6) is -0.0227. The second kappa shape index (κ2) is 68.9. The Morgan fingerprint density at radius 3 is 0.792 bits per heavy atom. The van der Waals surface area contributed by atoms with Crippen molar-refractivity contribution >= 4 is 5.91 Å². The number of hydrogen-bond donors (Lipinski definition) is 3. The Kier molecular flexibility index (Phi) is 67.6. The molecule has 0 radical (unpaired) electrons. The van der Waals surface area contributed by atoms with E-state index in [-0.39, 0.29) is 12.5 Å². The van der Waals surface area contributed by atoms with Gasteiger partial charge in [0.1, 0.15) is 0 Å². The van der Waals surface area contributed by atoms with Gasteiger partial charge < -0.3 is 15.5 Å². The molecule has 0 aromatic rings. The molecule has 0 heterocycles. The lowest BCUT2D eigenvalue weighted by atomic mass is 10.0. The number of amides is 1. The Morgan fingerprint density at radius 1 is 0.312 bits per heavy atom. The summed E-state index contributed by atoms with van der Waals surface area (Å²) >= 11 is 0. The predicted molar refractivity (Wildman–Crippen MR) is 345 cm³/mol. The number of nitrogens with one attached hydrogen (secondary N) is 1. The first kappa shape index (κ1) is 75.6. The maximum absolute atomic E-state index is 12.6. The van der Waals surface area contributed by atoms with E-state index in [1.54, 1.807) is 0 Å². The number of aliphatic hydroxyl groups is 2. The van der Waals surface area contributed by atoms with Crippen LogP contribution < -0.4 is 5.32 Å². The van der Waals surface area contributed by atoms with E-state index in [0.717, 1.165) is 38.5 Å². The Balaban J connectivity index is 3.39. The SMILES string of the molecule is CCCCCCC/C=C\C/C=C\C/C=C\CCCCCCCCCCCCCCCCCCCCCCC(=O)NC(CO)C(O)CCCCCCCCCCCCCCCCCCCCCCCCCCCCCCCC. The number of aliphatic hydroxyl groups excluding tert-OH is 2. The lowest BCUT2D eigenvalue weighted by molar-refractivity contribution is -0.123. The largest absolute Gasteiger partial charge is 0.394 e. The van der Waals surface area contributed by atoms with Crippen LogP contribution in [-0.4, -0.2) is 34.9 Å². The molecule has 4 nitrogen and oxygen atoms in total. The van der Waals surface area contributed by atoms with Crippen LogP contribution in [0.15, 0.2) is 36.5 Å². The van der Waals surface area contributed by atoms with Crippen LogP contribution >= 0.6 is 0 Å². The van der Waals surface area contributed by atoms with Crippen molar-refractivity contribution in [2.24, 2.45) is 0 Å². The predicted octanol–water partition coefficient (Wildman–Crippen LogP) is 24.3. The van der Waals surface area contributed by atoms with Gasteiger partial charge in [-0.05, 0) is 51.4 Å². The summed E-state index contributed by atoms with van der Waals surface area (Å²) < 4.78 is 0. The summed E-state index contributed by atoms with van der Waals surface area (Å²) in [6.45, 7) is 4.39. The molecule has 3 N–H and O–H groups in total. The van der Waals surface area contributed by atoms with E-state index in [0.29, 0.717) is 12.8 Å². The minimum Gasteiger partial charge on any atom is -0.394 e. The first-order valence-electron chi connectivity index (χ1n) is 35.7. The van der Waals surface area contributed by atoms with Gasteiger partial charge in [-0.25, -0.2) is 0 Å². The molecule has 0 spiro atoms. The average Bonchev–Trinajstić information content (AvgIpc) is 3.43. The molecule has 0 rings (SSSR count). The molecule has 0 saturated carbocycles. The van der Waals surface area contributed by atoms with E-state index in [1.165, 1.54) is 340 Å². The van der Waals surface area contributed by atoms with Gasteiger partial charge in [0.25, 0.3) is 0 Å². The number of hydrogen-bond acceptors (Lipinski definition) is 3. The van der Waals surface area contributed by atoms with E-state index in [2.05, 4.69) is 55.6 Å². The van der Waals surface area contributed by atoms with Gasteiger partial charge in [0.2, 0.25) is 5.91 Å². The summed E-state index contributed by atoms with van der Waals surface area (Å²) in [5, 5.41) is 23.5. The number of carbonyl (C=O) groups is 1. The highest BCUT2D eigenvalue weighted by molar-refractivity contribution is 5.76. The van der Waals surface area contributed by atoms with E-state index >= 15 is 0 Å². The lowest BCUT2D eigenvalue weighted by Crippen LogP contribution is -2.45. The summed E-state index contributed by atoms with van der Waals surface area (Å²) in [5.41, 5.74) is 0. The molecule has 0 aliphatic heterocycles. The quantitative estimate of drug-likeness (QED) is 0.0420. The van der Waals surface area contributed by atoms with Gasteiger partial charge in [0.05, 0.1) is 18.8 Å². The first-order valence-corrected chi connectivity index (χ1v) is 35.7. The van der Waals surface area contributed by atoms with E-state index in [4.69, 9.17) is 0 Å². The monoisotopic (exact) mass is 1080 g/mol. The molecule has 0 aliphatic rings. The Labute approximate surface area is 484 Å². The third kappa shape index (κ3) is 65.3. The van der Waals surface area contributed by atoms with Crippen LogP contribution in [-0.2, 0) is 4.79 Å². The van der Waals surface area contributed by atoms with Crippen molar-refractivity contribution in [2.45, 2.75) is 418 Å². The minimum atomic E-state index is -0.660. The van der Waals surface area contributed by atoms with Crippen LogP contribution in [0.1, 0.15) is 406 Å². The molecular formula is C73H141NO3. The van der Waals surface area contributed by atoms with E-state index in [9.17, 15) is 15.0 Å². The molecule has 0 aliphatic carbocycles. The van der Waals surface area contributed by atoms with Crippen LogP contribution in [0.5, 0.6) is 0 Å². The van der Waals surface area contributed by atoms with Crippen LogP contribution in [0.3, 0.4) is 0 Å². The molecule has 456 valence electrons. The molecule has 77 heavy (non-hydrogen) atoms. The zero-order chi connectivity index (χ0) is 55.5. The molecule has 0 fully saturated rings. The van der Waals surface area contributed by atoms with Crippen molar-refractivity contribution in [3.63, 3.8) is 0 Å². The van der Waals surface area contributed by atoms with Crippen molar-refractivity contribution in [1.29, 1.82) is 0 Å². The molecule has 0 aromatic carbocycles. The van der Waals surface area contributed by atoms with Gasteiger partial charge in [0.15, 0.2) is 0 Å². The highest BCUT2D eigenvalue weighted by Crippen LogP contribution is 2.19. The van der Waals surface area contributed by atoms with Gasteiger partial charge >= 0.3 is 0 Å². The molecule has 0 aromatic heterocycles. The van der Waals surface area contributed by atoms with Crippen molar-refractivity contribution in [3.8, 4) is 0 Å². The van der Waals surface area contributed by atoms with E-state index in [1.807, 2.05) is 0 Å². The Hall–Kier alpha value is -1.39. The maximum atomic E-state index is 12.6. The Morgan fingerprint density at radius 2 is 0.532 bits per heavy atom. The standard InChI is InChI=1S/C73H141NO3/c1-3-5-7-9-11-13-15-17-19-21-23-25-27-29-31-33-35-36-37-38-39-41-43-45-47-49-51-53-55-57-59-61-63-65-67-69-73(77)74-71(70-75)72(76)68-66-64-62-60-58-56-54-52-50-48-46-44-42-40-34-32-30-28-26-24-22-20-18-16-14-12-10-8-6-4-2/h15,17,21,23,27,29,71-72,75-76H,3-14,16,18-20,22,24-26,28,30-70H2,1-2H3,(H,74,77)/b17-15-,23-21-,29-27-. The highest BCUT2D eigenvalue weighted by atomic mass is 16.3. The third-order valence-electron chi connectivity index (χ3n) is 16.9. The minimum absolute atomic E-state index is 0.0227. The van der Waals surface area contributed by atoms with Crippen molar-refractivity contribution in [1.82, 2.24) is 5.32 Å². The van der Waals surface area contributed by atoms with Crippen molar-refractivity contribution in [2.75, 3.05) is 6.61 Å². The van der Waals surface area contributed by atoms with Crippen LogP contribution in [0, 0.1) is 0 Å². The summed E-state index contributed by atoms with van der Waals surface area (Å²) in [4.78, 5) is 12.6. The van der Waals surface area contributed by atoms with Gasteiger partial charge in [-0.1, -0.05) is 384 Å². The second-order valence-corrected chi connectivity index (χ2v) is 24.7. The molecule has 0 saturated heterocycles. The fourth-order valence-electron chi connectivity index (χ4n) is 11.5. The number of rotatable bonds is 67. The number of unbranched alkanes of at least 4 members (excludes halogenated alkanes) is 54. The first-order chi connectivity index (χ1) is 38.2. The molecule has 2 atom stereocenters. The number of carbonyl (C=O) groups excluding carboxylic acids is 1. The molecule has 2 unspecified atom stereocenters. The van der Waals surface area contributed by atoms with Gasteiger partial charge in [-0.15, -0.1) is 0 Å². The lowest BCUT2D eigenvalue weighted by Gasteiger charge is -2.22. The highest BCUT2D eigenvalue weighted by Gasteiger charge is 2.20. The van der Waals surface area contributed by atoms with Gasteiger partial charge in [0, 0.05) is 6.42 Å². The second-order valence-electron chi connectivity index (χ2n) is 24.7. The van der Waals surface area contributed by atoms with E-state index < -0.39 is 12.1 Å². The zero-order valence-corrected chi connectivity index (χ0v) is 52.8. The molecular weight excluding hydrogens is 939 g/mol. The topological polar surface area (TPSA) is 69.6 Å². The van der Waals surface area contributed by atoms with Gasteiger partial charge in [-0.2, -0.15) is 0 Å². The molecule has 4 heteroatoms. The summed E-state index contributed by atoms with van der Waals surface area (Å²) in [6.07, 6.45) is 94.9. The average molecular weight is 1080 g/mol. The molecule has 0 bridgehead atoms. The van der Waals surface area contributed by atoms with Crippen molar-refractivity contribution in [3.05, 3.63) is 36.5 Å². The third-order valence-corrected chi connectivity index (χ3v) is 16.9. The molecule has 1 amide bonds. The van der Waals surface area contributed by atoms with Crippen molar-refractivity contribution < 1.29 is 15.0 Å². The smallest absolute Gasteiger partial charge is 0.220 e. The van der Waals surface area contributed by atoms with Crippen LogP contribution in [0.4, 0.5) is 0 Å². The van der Waals surface area contributed by atoms with Gasteiger partial charge in [-0.3, -0.25) is 4.79 Å². The fourth-order valence-corrected chi connectivity index (χ4v) is 11.5. The summed E-state index contributed by atoms with van der Waals surface area (Å²) in [7, 11) is 0. The summed E-state index contributed by atoms with van der Waals surface area (Å²) in [6, 6.07) is -0.537. The maximum Gasteiger partial charge on any atom is 0.220 e. The van der Waals surface area contributed by atoms with Crippen LogP contribution in [0.25, 0.3) is 0 Å².